The lowest BCUT2D eigenvalue weighted by atomic mass is 10.3. The smallest absolute Gasteiger partial charge is 0.342 e. The summed E-state index contributed by atoms with van der Waals surface area (Å²) < 4.78 is -0.137. The van der Waals surface area contributed by atoms with Crippen molar-refractivity contribution in [2.45, 2.75) is 6.92 Å². The van der Waals surface area contributed by atoms with E-state index in [1.165, 1.54) is 19.2 Å². The first-order chi connectivity index (χ1) is 5.81. The van der Waals surface area contributed by atoms with Crippen LogP contribution in [0.5, 0.6) is 0 Å². The molecule has 4 heteroatoms. The summed E-state index contributed by atoms with van der Waals surface area (Å²) >= 11 is 0. The van der Waals surface area contributed by atoms with Gasteiger partial charge in [0.1, 0.15) is 6.20 Å². The zero-order valence-corrected chi connectivity index (χ0v) is 8.07. The van der Waals surface area contributed by atoms with E-state index >= 15 is 0 Å². The number of nitrogens with zero attached hydrogens (tertiary/aromatic N) is 1. The maximum Gasteiger partial charge on any atom is 0.342 e. The first-order valence-corrected chi connectivity index (χ1v) is 3.74. The third-order valence-corrected chi connectivity index (χ3v) is 1.60. The van der Waals surface area contributed by atoms with E-state index in [9.17, 15) is 9.59 Å². The summed E-state index contributed by atoms with van der Waals surface area (Å²) in [5, 5.41) is 8.58. The van der Waals surface area contributed by atoms with Gasteiger partial charge in [-0.2, -0.15) is 0 Å². The minimum absolute atomic E-state index is 0.137. The van der Waals surface area contributed by atoms with Crippen LogP contribution in [0.1, 0.15) is 6.92 Å². The van der Waals surface area contributed by atoms with Gasteiger partial charge >= 0.3 is 11.9 Å². The highest BCUT2D eigenvalue weighted by atomic mass is 16.4. The van der Waals surface area contributed by atoms with E-state index in [2.05, 4.69) is 6.58 Å². The number of quaternary nitrogens is 1. The molecule has 0 unspecified atom stereocenters. The van der Waals surface area contributed by atoms with Crippen LogP contribution in [-0.4, -0.2) is 35.6 Å². The van der Waals surface area contributed by atoms with E-state index in [0.717, 1.165) is 0 Å². The zero-order valence-electron chi connectivity index (χ0n) is 8.07. The molecule has 0 fully saturated rings. The normalized spacial score (nSPS) is 12.4. The van der Waals surface area contributed by atoms with Crippen LogP contribution in [0.2, 0.25) is 0 Å². The van der Waals surface area contributed by atoms with Crippen LogP contribution in [0, 0.1) is 0 Å². The van der Waals surface area contributed by atoms with Gasteiger partial charge in [0.2, 0.25) is 0 Å². The first-order valence-electron chi connectivity index (χ1n) is 3.74. The molecule has 1 N–H and O–H groups in total. The Morgan fingerprint density at radius 1 is 1.38 bits per heavy atom. The molecule has 0 aromatic heterocycles. The predicted octanol–water partition coefficient (Wildman–Crippen LogP) is 0.764. The minimum atomic E-state index is -1.02. The fraction of sp³-hybridized carbons (Fsp3) is 0.333. The van der Waals surface area contributed by atoms with Crippen LogP contribution in [0.4, 0.5) is 0 Å². The molecule has 0 atom stereocenters. The molecular weight excluding hydrogens is 170 g/mol. The van der Waals surface area contributed by atoms with Crippen LogP contribution in [0.15, 0.2) is 24.4 Å². The Morgan fingerprint density at radius 2 is 1.85 bits per heavy atom. The molecule has 1 amide bonds. The Kier molecular flexibility index (Phi) is 3.56. The number of carbonyl (C=O) groups is 2. The third kappa shape index (κ3) is 3.21. The zero-order chi connectivity index (χ0) is 10.6. The molecule has 0 bridgehead atoms. The topological polar surface area (TPSA) is 54.4 Å². The van der Waals surface area contributed by atoms with Gasteiger partial charge in [-0.05, 0) is 6.92 Å². The highest BCUT2D eigenvalue weighted by Crippen LogP contribution is 2.05. The number of carboxylic acids is 1. The minimum Gasteiger partial charge on any atom is -0.478 e. The van der Waals surface area contributed by atoms with Crippen molar-refractivity contribution in [3.8, 4) is 0 Å². The number of amides is 1. The summed E-state index contributed by atoms with van der Waals surface area (Å²) in [4.78, 5) is 21.7. The molecule has 0 aromatic carbocycles. The van der Waals surface area contributed by atoms with Crippen LogP contribution in [0.3, 0.4) is 0 Å². The number of aliphatic carboxylic acids is 1. The fourth-order valence-corrected chi connectivity index (χ4v) is 0.838. The molecule has 0 aliphatic heterocycles. The first kappa shape index (κ1) is 11.6. The van der Waals surface area contributed by atoms with Crippen LogP contribution in [0.25, 0.3) is 0 Å². The van der Waals surface area contributed by atoms with Crippen LogP contribution >= 0.6 is 0 Å². The average molecular weight is 184 g/mol. The highest BCUT2D eigenvalue weighted by molar-refractivity contribution is 5.86. The van der Waals surface area contributed by atoms with Crippen molar-refractivity contribution in [3.63, 3.8) is 0 Å². The maximum atomic E-state index is 11.2. The summed E-state index contributed by atoms with van der Waals surface area (Å²) in [5.41, 5.74) is 0.139. The SMILES string of the molecule is C=CC(=O)[N+](C)(C)C=C(C)C(=O)O. The second-order valence-electron chi connectivity index (χ2n) is 3.20. The van der Waals surface area contributed by atoms with Gasteiger partial charge in [0.25, 0.3) is 0 Å². The van der Waals surface area contributed by atoms with Crippen molar-refractivity contribution in [3.05, 3.63) is 24.4 Å². The monoisotopic (exact) mass is 184 g/mol. The number of carbonyl (C=O) groups excluding carboxylic acids is 1. The Bertz CT molecular complexity index is 277. The highest BCUT2D eigenvalue weighted by Gasteiger charge is 2.22. The summed E-state index contributed by atoms with van der Waals surface area (Å²) in [6.07, 6.45) is 2.54. The molecule has 72 valence electrons. The van der Waals surface area contributed by atoms with E-state index in [4.69, 9.17) is 5.11 Å². The van der Waals surface area contributed by atoms with Gasteiger partial charge in [-0.1, -0.05) is 6.58 Å². The van der Waals surface area contributed by atoms with Crippen LogP contribution < -0.4 is 0 Å². The van der Waals surface area contributed by atoms with Crippen LogP contribution in [-0.2, 0) is 9.59 Å². The van der Waals surface area contributed by atoms with Crippen molar-refractivity contribution < 1.29 is 19.2 Å². The molecule has 0 radical (unpaired) electrons. The summed E-state index contributed by atoms with van der Waals surface area (Å²) in [5.74, 6) is -1.27. The largest absolute Gasteiger partial charge is 0.478 e. The molecule has 0 aromatic rings. The number of hydrogen-bond donors (Lipinski definition) is 1. The van der Waals surface area contributed by atoms with Crippen molar-refractivity contribution in [2.75, 3.05) is 14.1 Å². The Hall–Kier alpha value is -1.42. The second-order valence-corrected chi connectivity index (χ2v) is 3.20. The summed E-state index contributed by atoms with van der Waals surface area (Å²) in [6.45, 7) is 4.78. The lowest BCUT2D eigenvalue weighted by Gasteiger charge is -2.20. The molecule has 13 heavy (non-hydrogen) atoms. The van der Waals surface area contributed by atoms with Gasteiger partial charge in [-0.3, -0.25) is 0 Å². The Labute approximate surface area is 77.4 Å². The van der Waals surface area contributed by atoms with Crippen molar-refractivity contribution in [2.24, 2.45) is 0 Å². The number of carboxylic acid groups (broad SMARTS) is 1. The second kappa shape index (κ2) is 4.00. The summed E-state index contributed by atoms with van der Waals surface area (Å²) in [6, 6.07) is 0. The summed E-state index contributed by atoms with van der Waals surface area (Å²) in [7, 11) is 3.19. The molecule has 4 nitrogen and oxygen atoms in total. The van der Waals surface area contributed by atoms with Gasteiger partial charge in [0.15, 0.2) is 0 Å². The van der Waals surface area contributed by atoms with Crippen molar-refractivity contribution >= 4 is 11.9 Å². The van der Waals surface area contributed by atoms with E-state index in [-0.39, 0.29) is 16.0 Å². The average Bonchev–Trinajstić information content (AvgIpc) is 2.01. The molecule has 0 heterocycles. The van der Waals surface area contributed by atoms with Crippen molar-refractivity contribution in [1.82, 2.24) is 0 Å². The third-order valence-electron chi connectivity index (χ3n) is 1.60. The van der Waals surface area contributed by atoms with Crippen molar-refractivity contribution in [1.29, 1.82) is 0 Å². The maximum absolute atomic E-state index is 11.2. The molecule has 0 aliphatic rings. The Balaban J connectivity index is 4.86. The van der Waals surface area contributed by atoms with Gasteiger partial charge in [0.05, 0.1) is 19.7 Å². The number of likely N-dealkylation sites (N-methyl/N-ethyl adjacent to an activating group) is 1. The lowest BCUT2D eigenvalue weighted by molar-refractivity contribution is -0.756. The van der Waals surface area contributed by atoms with E-state index in [0.29, 0.717) is 0 Å². The van der Waals surface area contributed by atoms with E-state index in [1.807, 2.05) is 0 Å². The predicted molar refractivity (Wildman–Crippen MR) is 48.7 cm³/mol. The van der Waals surface area contributed by atoms with Gasteiger partial charge in [0, 0.05) is 6.08 Å². The van der Waals surface area contributed by atoms with E-state index < -0.39 is 5.97 Å². The number of rotatable bonds is 3. The molecule has 0 aliphatic carbocycles. The van der Waals surface area contributed by atoms with E-state index in [1.54, 1.807) is 14.1 Å². The van der Waals surface area contributed by atoms with Gasteiger partial charge < -0.3 is 5.11 Å². The molecule has 0 saturated heterocycles. The molecule has 0 rings (SSSR count). The molecule has 0 spiro atoms. The fourth-order valence-electron chi connectivity index (χ4n) is 0.838. The standard InChI is InChI=1S/C9H13NO3/c1-5-8(11)10(3,4)6-7(2)9(12)13/h5-6H,1H2,2-4H3/p+1. The molecule has 0 saturated carbocycles. The lowest BCUT2D eigenvalue weighted by Crippen LogP contribution is -2.39. The molecular formula is C9H14NO3+. The number of hydrogen-bond acceptors (Lipinski definition) is 2. The van der Waals surface area contributed by atoms with Gasteiger partial charge in [-0.15, -0.1) is 0 Å². The Morgan fingerprint density at radius 3 is 2.15 bits per heavy atom. The quantitative estimate of drug-likeness (QED) is 0.520. The van der Waals surface area contributed by atoms with Gasteiger partial charge in [-0.25, -0.2) is 14.1 Å².